The van der Waals surface area contributed by atoms with Crippen LogP contribution in [0.1, 0.15) is 17.8 Å². The van der Waals surface area contributed by atoms with E-state index in [1.165, 1.54) is 25.5 Å². The number of pyridine rings is 1. The number of carbonyl (C=O) groups is 1. The molecule has 0 spiro atoms. The van der Waals surface area contributed by atoms with Gasteiger partial charge in [0.2, 0.25) is 11.5 Å². The number of hydrogen-bond acceptors (Lipinski definition) is 4. The normalized spacial score (nSPS) is 14.3. The molecule has 23 heavy (non-hydrogen) atoms. The van der Waals surface area contributed by atoms with Gasteiger partial charge >= 0.3 is 6.18 Å². The molecule has 2 aromatic rings. The Bertz CT molecular complexity index is 714. The van der Waals surface area contributed by atoms with Crippen LogP contribution in [-0.4, -0.2) is 31.7 Å². The number of aromatic nitrogens is 3. The maximum absolute atomic E-state index is 13.3. The molecule has 6 nitrogen and oxygen atoms in total. The molecule has 0 saturated carbocycles. The Morgan fingerprint density at radius 3 is 2.57 bits per heavy atom. The minimum absolute atomic E-state index is 0.111. The van der Waals surface area contributed by atoms with Crippen LogP contribution in [0, 0.1) is 6.92 Å². The number of carbonyl (C=O) groups excluding carboxylic acids is 1. The molecule has 0 unspecified atom stereocenters. The fourth-order valence-corrected chi connectivity index (χ4v) is 2.09. The van der Waals surface area contributed by atoms with Crippen LogP contribution in [0.5, 0.6) is 0 Å². The Morgan fingerprint density at radius 1 is 1.35 bits per heavy atom. The average Bonchev–Trinajstić information content (AvgIpc) is 2.83. The summed E-state index contributed by atoms with van der Waals surface area (Å²) in [6.45, 7) is 1.75. The SMILES string of the molecule is Cc1ccnc(NC(=O)C[C@](O)(c2nccn2C)C(F)(F)F)c1. The third kappa shape index (κ3) is 3.50. The number of halogens is 3. The summed E-state index contributed by atoms with van der Waals surface area (Å²) < 4.78 is 41.0. The highest BCUT2D eigenvalue weighted by molar-refractivity contribution is 5.90. The van der Waals surface area contributed by atoms with Crippen molar-refractivity contribution in [2.45, 2.75) is 25.1 Å². The molecule has 0 bridgehead atoms. The number of imidazole rings is 1. The fourth-order valence-electron chi connectivity index (χ4n) is 2.09. The van der Waals surface area contributed by atoms with Gasteiger partial charge in [0.25, 0.3) is 0 Å². The summed E-state index contributed by atoms with van der Waals surface area (Å²) in [4.78, 5) is 19.3. The Kier molecular flexibility index (Phi) is 4.42. The van der Waals surface area contributed by atoms with Crippen molar-refractivity contribution in [2.24, 2.45) is 7.05 Å². The minimum atomic E-state index is -5.07. The van der Waals surface area contributed by atoms with E-state index in [9.17, 15) is 23.1 Å². The first-order valence-corrected chi connectivity index (χ1v) is 6.63. The van der Waals surface area contributed by atoms with Gasteiger partial charge in [0.15, 0.2) is 5.82 Å². The van der Waals surface area contributed by atoms with Gasteiger partial charge in [0, 0.05) is 25.6 Å². The molecule has 1 amide bonds. The van der Waals surface area contributed by atoms with E-state index in [2.05, 4.69) is 15.3 Å². The lowest BCUT2D eigenvalue weighted by Crippen LogP contribution is -2.46. The predicted octanol–water partition coefficient (Wildman–Crippen LogP) is 1.90. The summed E-state index contributed by atoms with van der Waals surface area (Å²) >= 11 is 0. The summed E-state index contributed by atoms with van der Waals surface area (Å²) in [5, 5.41) is 12.3. The van der Waals surface area contributed by atoms with Gasteiger partial charge in [-0.1, -0.05) is 0 Å². The predicted molar refractivity (Wildman–Crippen MR) is 75.4 cm³/mol. The number of aliphatic hydroxyl groups is 1. The van der Waals surface area contributed by atoms with Crippen LogP contribution < -0.4 is 5.32 Å². The molecular weight excluding hydrogens is 313 g/mol. The van der Waals surface area contributed by atoms with E-state index < -0.39 is 29.9 Å². The van der Waals surface area contributed by atoms with E-state index in [0.717, 1.165) is 16.3 Å². The average molecular weight is 328 g/mol. The van der Waals surface area contributed by atoms with Crippen molar-refractivity contribution in [2.75, 3.05) is 5.32 Å². The fraction of sp³-hybridized carbons (Fsp3) is 0.357. The molecule has 2 heterocycles. The van der Waals surface area contributed by atoms with Crippen LogP contribution in [0.3, 0.4) is 0 Å². The molecule has 2 rings (SSSR count). The summed E-state index contributed by atoms with van der Waals surface area (Å²) in [5.74, 6) is -1.57. The highest BCUT2D eigenvalue weighted by atomic mass is 19.4. The van der Waals surface area contributed by atoms with Crippen molar-refractivity contribution in [3.05, 3.63) is 42.1 Å². The number of anilines is 1. The summed E-state index contributed by atoms with van der Waals surface area (Å²) in [6.07, 6.45) is -2.50. The van der Waals surface area contributed by atoms with Gasteiger partial charge in [-0.15, -0.1) is 0 Å². The lowest BCUT2D eigenvalue weighted by molar-refractivity contribution is -0.270. The Morgan fingerprint density at radius 2 is 2.04 bits per heavy atom. The third-order valence-electron chi connectivity index (χ3n) is 3.26. The summed E-state index contributed by atoms with van der Waals surface area (Å²) in [5.41, 5.74) is -2.61. The summed E-state index contributed by atoms with van der Waals surface area (Å²) in [7, 11) is 1.30. The highest BCUT2D eigenvalue weighted by Crippen LogP contribution is 2.40. The molecule has 0 aromatic carbocycles. The van der Waals surface area contributed by atoms with Gasteiger partial charge in [0.1, 0.15) is 5.82 Å². The van der Waals surface area contributed by atoms with Crippen LogP contribution in [0.25, 0.3) is 0 Å². The molecule has 1 atom stereocenters. The highest BCUT2D eigenvalue weighted by Gasteiger charge is 2.58. The Hall–Kier alpha value is -2.42. The number of alkyl halides is 3. The molecular formula is C14H15F3N4O2. The number of hydrogen-bond donors (Lipinski definition) is 2. The lowest BCUT2D eigenvalue weighted by Gasteiger charge is -2.29. The van der Waals surface area contributed by atoms with E-state index in [1.54, 1.807) is 13.0 Å². The number of rotatable bonds is 4. The number of nitrogens with zero attached hydrogens (tertiary/aromatic N) is 3. The van der Waals surface area contributed by atoms with Gasteiger partial charge in [-0.25, -0.2) is 9.97 Å². The Balaban J connectivity index is 2.25. The van der Waals surface area contributed by atoms with Crippen LogP contribution >= 0.6 is 0 Å². The number of amides is 1. The van der Waals surface area contributed by atoms with Crippen molar-refractivity contribution >= 4 is 11.7 Å². The largest absolute Gasteiger partial charge is 0.425 e. The third-order valence-corrected chi connectivity index (χ3v) is 3.26. The maximum Gasteiger partial charge on any atom is 0.425 e. The molecule has 0 aliphatic carbocycles. The molecule has 9 heteroatoms. The van der Waals surface area contributed by atoms with Crippen molar-refractivity contribution in [3.63, 3.8) is 0 Å². The molecule has 0 saturated heterocycles. The lowest BCUT2D eigenvalue weighted by atomic mass is 9.97. The molecule has 2 N–H and O–H groups in total. The van der Waals surface area contributed by atoms with Crippen LogP contribution in [-0.2, 0) is 17.4 Å². The molecule has 0 aliphatic heterocycles. The number of aryl methyl sites for hydroxylation is 2. The van der Waals surface area contributed by atoms with E-state index in [4.69, 9.17) is 0 Å². The van der Waals surface area contributed by atoms with Gasteiger partial charge in [-0.3, -0.25) is 4.79 Å². The van der Waals surface area contributed by atoms with E-state index in [1.807, 2.05) is 0 Å². The van der Waals surface area contributed by atoms with Crippen molar-refractivity contribution in [1.29, 1.82) is 0 Å². The zero-order valence-corrected chi connectivity index (χ0v) is 12.4. The molecule has 2 aromatic heterocycles. The number of nitrogens with one attached hydrogen (secondary N) is 1. The quantitative estimate of drug-likeness (QED) is 0.898. The summed E-state index contributed by atoms with van der Waals surface area (Å²) in [6, 6.07) is 3.18. The van der Waals surface area contributed by atoms with Crippen molar-refractivity contribution in [1.82, 2.24) is 14.5 Å². The molecule has 0 aliphatic rings. The molecule has 0 radical (unpaired) electrons. The van der Waals surface area contributed by atoms with E-state index >= 15 is 0 Å². The Labute approximate surface area is 130 Å². The standard InChI is InChI=1S/C14H15F3N4O2/c1-9-3-4-18-10(7-9)20-11(22)8-13(23,14(15,16)17)12-19-5-6-21(12)2/h3-7,23H,8H2,1-2H3,(H,18,20,22)/t13-/m0/s1. The minimum Gasteiger partial charge on any atom is -0.374 e. The first-order chi connectivity index (χ1) is 10.6. The monoisotopic (exact) mass is 328 g/mol. The first kappa shape index (κ1) is 16.9. The van der Waals surface area contributed by atoms with Gasteiger partial charge < -0.3 is 15.0 Å². The van der Waals surface area contributed by atoms with Crippen molar-refractivity contribution in [3.8, 4) is 0 Å². The first-order valence-electron chi connectivity index (χ1n) is 6.63. The van der Waals surface area contributed by atoms with Crippen molar-refractivity contribution < 1.29 is 23.1 Å². The second-order valence-electron chi connectivity index (χ2n) is 5.16. The zero-order chi connectivity index (χ0) is 17.3. The second kappa shape index (κ2) is 5.99. The zero-order valence-electron chi connectivity index (χ0n) is 12.4. The smallest absolute Gasteiger partial charge is 0.374 e. The van der Waals surface area contributed by atoms with Gasteiger partial charge in [-0.2, -0.15) is 13.2 Å². The van der Waals surface area contributed by atoms with Gasteiger partial charge in [0.05, 0.1) is 6.42 Å². The van der Waals surface area contributed by atoms with Crippen LogP contribution in [0.2, 0.25) is 0 Å². The molecule has 124 valence electrons. The van der Waals surface area contributed by atoms with Gasteiger partial charge in [-0.05, 0) is 24.6 Å². The molecule has 0 fully saturated rings. The van der Waals surface area contributed by atoms with E-state index in [-0.39, 0.29) is 5.82 Å². The van der Waals surface area contributed by atoms with E-state index in [0.29, 0.717) is 0 Å². The second-order valence-corrected chi connectivity index (χ2v) is 5.16. The maximum atomic E-state index is 13.3. The van der Waals surface area contributed by atoms with Crippen LogP contribution in [0.4, 0.5) is 19.0 Å². The van der Waals surface area contributed by atoms with Crippen LogP contribution in [0.15, 0.2) is 30.7 Å². The topological polar surface area (TPSA) is 80.0 Å².